The van der Waals surface area contributed by atoms with Crippen molar-refractivity contribution in [3.05, 3.63) is 0 Å². The van der Waals surface area contributed by atoms with Gasteiger partial charge in [0.2, 0.25) is 0 Å². The summed E-state index contributed by atoms with van der Waals surface area (Å²) in [5.41, 5.74) is 10.3. The van der Waals surface area contributed by atoms with E-state index in [0.29, 0.717) is 0 Å². The largest absolute Gasteiger partial charge is 3.00 e. The molecule has 6 heteroatoms. The summed E-state index contributed by atoms with van der Waals surface area (Å²) in [6.45, 7) is 1.55. The molecule has 0 spiro atoms. The maximum atomic E-state index is 5.16. The Hall–Kier alpha value is 1.50. The van der Waals surface area contributed by atoms with Gasteiger partial charge in [0.1, 0.15) is 0 Å². The normalized spacial score (nSPS) is 5.40. The van der Waals surface area contributed by atoms with Crippen molar-refractivity contribution >= 4 is 0 Å². The van der Waals surface area contributed by atoms with E-state index < -0.39 is 0 Å². The van der Waals surface area contributed by atoms with Crippen molar-refractivity contribution in [3.63, 3.8) is 0 Å². The Labute approximate surface area is 96.0 Å². The standard InChI is InChI=1S/C4H12N2.3ClH.Ti/c5-3-1-2-4-6;;;;/h1-6H2;3*1H;/q;;;;+3/p-3. The quantitative estimate of drug-likeness (QED) is 0.381. The van der Waals surface area contributed by atoms with Gasteiger partial charge in [0, 0.05) is 0 Å². The van der Waals surface area contributed by atoms with Crippen molar-refractivity contribution in [3.8, 4) is 0 Å². The summed E-state index contributed by atoms with van der Waals surface area (Å²) in [5.74, 6) is 0. The number of hydrogen-bond donors (Lipinski definition) is 2. The van der Waals surface area contributed by atoms with E-state index in [1.807, 2.05) is 0 Å². The van der Waals surface area contributed by atoms with Gasteiger partial charge in [0.25, 0.3) is 0 Å². The van der Waals surface area contributed by atoms with Crippen LogP contribution in [-0.4, -0.2) is 13.1 Å². The molecule has 4 N–H and O–H groups in total. The summed E-state index contributed by atoms with van der Waals surface area (Å²) in [7, 11) is 0. The van der Waals surface area contributed by atoms with Gasteiger partial charge in [-0.3, -0.25) is 0 Å². The van der Waals surface area contributed by atoms with Gasteiger partial charge in [0.15, 0.2) is 0 Å². The third kappa shape index (κ3) is 33.9. The first-order valence-corrected chi connectivity index (χ1v) is 2.32. The third-order valence-corrected chi connectivity index (χ3v) is 0.658. The predicted octanol–water partition coefficient (Wildman–Crippen LogP) is -9.31. The summed E-state index contributed by atoms with van der Waals surface area (Å²) < 4.78 is 0. The smallest absolute Gasteiger partial charge is 1.00 e. The van der Waals surface area contributed by atoms with Gasteiger partial charge in [-0.2, -0.15) is 0 Å². The second-order valence-electron chi connectivity index (χ2n) is 1.28. The minimum Gasteiger partial charge on any atom is -1.00 e. The number of hydrogen-bond acceptors (Lipinski definition) is 2. The van der Waals surface area contributed by atoms with Gasteiger partial charge in [0.05, 0.1) is 0 Å². The Morgan fingerprint density at radius 2 is 0.900 bits per heavy atom. The molecule has 0 saturated carbocycles. The topological polar surface area (TPSA) is 52.0 Å². The van der Waals surface area contributed by atoms with Gasteiger partial charge < -0.3 is 48.7 Å². The van der Waals surface area contributed by atoms with Crippen LogP contribution in [0.4, 0.5) is 0 Å². The monoisotopic (exact) mass is 241 g/mol. The van der Waals surface area contributed by atoms with E-state index in [4.69, 9.17) is 11.5 Å². The molecule has 0 aromatic rings. The minimum absolute atomic E-state index is 0. The Morgan fingerprint density at radius 1 is 0.700 bits per heavy atom. The molecule has 0 atom stereocenters. The zero-order chi connectivity index (χ0) is 4.83. The molecule has 1 radical (unpaired) electrons. The van der Waals surface area contributed by atoms with Gasteiger partial charge in [-0.05, 0) is 25.9 Å². The maximum Gasteiger partial charge on any atom is 3.00 e. The molecule has 0 unspecified atom stereocenters. The minimum atomic E-state index is 0. The first-order chi connectivity index (χ1) is 2.91. The van der Waals surface area contributed by atoms with Crippen molar-refractivity contribution in [2.75, 3.05) is 13.1 Å². The molecule has 2 nitrogen and oxygen atoms in total. The molecule has 0 aromatic heterocycles. The molecule has 0 heterocycles. The Kier molecular flexibility index (Phi) is 94.0. The van der Waals surface area contributed by atoms with E-state index in [2.05, 4.69) is 0 Å². The average molecular weight is 242 g/mol. The van der Waals surface area contributed by atoms with Crippen molar-refractivity contribution in [1.29, 1.82) is 0 Å². The van der Waals surface area contributed by atoms with Crippen molar-refractivity contribution in [2.24, 2.45) is 11.5 Å². The van der Waals surface area contributed by atoms with Crippen molar-refractivity contribution < 1.29 is 58.9 Å². The number of unbranched alkanes of at least 4 members (excludes halogenated alkanes) is 1. The van der Waals surface area contributed by atoms with E-state index >= 15 is 0 Å². The molecule has 0 aliphatic rings. The van der Waals surface area contributed by atoms with Gasteiger partial charge >= 0.3 is 21.7 Å². The van der Waals surface area contributed by atoms with Crippen molar-refractivity contribution in [1.82, 2.24) is 0 Å². The van der Waals surface area contributed by atoms with Crippen LogP contribution >= 0.6 is 0 Å². The summed E-state index contributed by atoms with van der Waals surface area (Å²) in [6.07, 6.45) is 2.13. The van der Waals surface area contributed by atoms with E-state index in [0.717, 1.165) is 25.9 Å². The van der Waals surface area contributed by atoms with Crippen LogP contribution in [0.1, 0.15) is 12.8 Å². The molecular weight excluding hydrogens is 230 g/mol. The van der Waals surface area contributed by atoms with Gasteiger partial charge in [-0.15, -0.1) is 0 Å². The van der Waals surface area contributed by atoms with E-state index in [1.165, 1.54) is 0 Å². The fraction of sp³-hybridized carbons (Fsp3) is 1.00. The third-order valence-electron chi connectivity index (χ3n) is 0.658. The molecule has 0 saturated heterocycles. The molecular formula is C4H12Cl3N2Ti. The molecule has 0 amide bonds. The number of nitrogens with two attached hydrogens (primary N) is 2. The molecule has 0 aromatic carbocycles. The molecule has 0 rings (SSSR count). The first-order valence-electron chi connectivity index (χ1n) is 2.32. The van der Waals surface area contributed by atoms with Crippen LogP contribution in [0.3, 0.4) is 0 Å². The first kappa shape index (κ1) is 30.0. The van der Waals surface area contributed by atoms with Crippen LogP contribution in [0.15, 0.2) is 0 Å². The van der Waals surface area contributed by atoms with Crippen LogP contribution in [0, 0.1) is 0 Å². The van der Waals surface area contributed by atoms with Crippen LogP contribution in [-0.2, 0) is 21.7 Å². The molecule has 63 valence electrons. The van der Waals surface area contributed by atoms with E-state index in [1.54, 1.807) is 0 Å². The molecule has 0 fully saturated rings. The Bertz CT molecular complexity index is 30.5. The van der Waals surface area contributed by atoms with Crippen LogP contribution in [0.5, 0.6) is 0 Å². The Balaban J connectivity index is -0.0000000208. The maximum absolute atomic E-state index is 5.16. The van der Waals surface area contributed by atoms with E-state index in [9.17, 15) is 0 Å². The van der Waals surface area contributed by atoms with Gasteiger partial charge in [-0.25, -0.2) is 0 Å². The number of halogens is 3. The van der Waals surface area contributed by atoms with Crippen LogP contribution in [0.2, 0.25) is 0 Å². The average Bonchev–Trinajstić information content (AvgIpc) is 1.61. The summed E-state index contributed by atoms with van der Waals surface area (Å²) in [5, 5.41) is 0. The Morgan fingerprint density at radius 3 is 1.00 bits per heavy atom. The zero-order valence-electron chi connectivity index (χ0n) is 5.62. The predicted molar refractivity (Wildman–Crippen MR) is 27.3 cm³/mol. The number of rotatable bonds is 3. The summed E-state index contributed by atoms with van der Waals surface area (Å²) in [4.78, 5) is 0. The zero-order valence-corrected chi connectivity index (χ0v) is 9.45. The molecule has 0 aliphatic carbocycles. The SMILES string of the molecule is NCCCCN.[Cl-].[Cl-].[Cl-].[Ti+3]. The molecule has 0 aliphatic heterocycles. The summed E-state index contributed by atoms with van der Waals surface area (Å²) >= 11 is 0. The second-order valence-corrected chi connectivity index (χ2v) is 1.28. The fourth-order valence-corrected chi connectivity index (χ4v) is 0.289. The van der Waals surface area contributed by atoms with Gasteiger partial charge in [-0.1, -0.05) is 0 Å². The van der Waals surface area contributed by atoms with Crippen molar-refractivity contribution in [2.45, 2.75) is 12.8 Å². The van der Waals surface area contributed by atoms with Crippen LogP contribution in [0.25, 0.3) is 0 Å². The van der Waals surface area contributed by atoms with E-state index in [-0.39, 0.29) is 58.9 Å². The summed E-state index contributed by atoms with van der Waals surface area (Å²) in [6, 6.07) is 0. The second kappa shape index (κ2) is 31.3. The van der Waals surface area contributed by atoms with Crippen LogP contribution < -0.4 is 48.7 Å². The molecule has 0 bridgehead atoms. The fourth-order valence-electron chi connectivity index (χ4n) is 0.289. The molecule has 10 heavy (non-hydrogen) atoms.